The molecule has 1 atom stereocenters. The number of carbonyl (C=O) groups excluding carboxylic acids is 1. The van der Waals surface area contributed by atoms with Crippen molar-refractivity contribution < 1.29 is 23.8 Å². The maximum atomic E-state index is 13.7. The highest BCUT2D eigenvalue weighted by atomic mass is 19.1. The second-order valence-electron chi connectivity index (χ2n) is 7.84. The average Bonchev–Trinajstić information content (AvgIpc) is 3.43. The van der Waals surface area contributed by atoms with Crippen LogP contribution in [0.5, 0.6) is 11.6 Å². The SMILES string of the molecule is COc1[nH]ncc1-c1ccc2c(C(=O)[C@@H]3COc4ccc(F)cc4C3)cn(CCO)c2c1. The normalized spacial score (nSPS) is 15.4. The van der Waals surface area contributed by atoms with Crippen LogP contribution >= 0.6 is 0 Å². The minimum absolute atomic E-state index is 0.0597. The predicted octanol–water partition coefficient (Wildman–Crippen LogP) is 3.61. The number of benzene rings is 2. The number of ketones is 1. The van der Waals surface area contributed by atoms with Crippen LogP contribution in [0.15, 0.2) is 48.8 Å². The fraction of sp³-hybridized carbons (Fsp3) is 0.250. The van der Waals surface area contributed by atoms with Crippen molar-refractivity contribution in [1.82, 2.24) is 14.8 Å². The van der Waals surface area contributed by atoms with Crippen molar-refractivity contribution >= 4 is 16.7 Å². The van der Waals surface area contributed by atoms with E-state index in [-0.39, 0.29) is 24.8 Å². The van der Waals surface area contributed by atoms with Gasteiger partial charge in [-0.2, -0.15) is 5.10 Å². The lowest BCUT2D eigenvalue weighted by Crippen LogP contribution is -2.28. The van der Waals surface area contributed by atoms with E-state index in [0.29, 0.717) is 35.7 Å². The molecule has 3 heterocycles. The average molecular weight is 435 g/mol. The number of ether oxygens (including phenoxy) is 2. The molecule has 0 bridgehead atoms. The topological polar surface area (TPSA) is 89.4 Å². The van der Waals surface area contributed by atoms with Crippen LogP contribution in [0.4, 0.5) is 4.39 Å². The molecule has 0 aliphatic carbocycles. The molecule has 2 N–H and O–H groups in total. The number of aromatic nitrogens is 3. The van der Waals surface area contributed by atoms with E-state index in [2.05, 4.69) is 10.2 Å². The molecule has 0 saturated carbocycles. The monoisotopic (exact) mass is 435 g/mol. The predicted molar refractivity (Wildman–Crippen MR) is 117 cm³/mol. The Kier molecular flexibility index (Phi) is 5.14. The van der Waals surface area contributed by atoms with E-state index in [0.717, 1.165) is 22.0 Å². The third kappa shape index (κ3) is 3.42. The first-order chi connectivity index (χ1) is 15.6. The molecule has 0 amide bonds. The summed E-state index contributed by atoms with van der Waals surface area (Å²) in [4.78, 5) is 13.5. The molecule has 0 fully saturated rings. The Morgan fingerprint density at radius 3 is 3.03 bits per heavy atom. The highest BCUT2D eigenvalue weighted by molar-refractivity contribution is 6.10. The number of aromatic amines is 1. The van der Waals surface area contributed by atoms with Gasteiger partial charge in [0.25, 0.3) is 0 Å². The molecule has 1 aliphatic rings. The molecule has 5 rings (SSSR count). The van der Waals surface area contributed by atoms with Gasteiger partial charge in [-0.3, -0.25) is 4.79 Å². The molecular formula is C24H22FN3O4. The van der Waals surface area contributed by atoms with Gasteiger partial charge in [0.15, 0.2) is 5.78 Å². The minimum atomic E-state index is -0.411. The number of aliphatic hydroxyl groups is 1. The van der Waals surface area contributed by atoms with Gasteiger partial charge in [0.2, 0.25) is 5.88 Å². The standard InChI is InChI=1S/C24H22FN3O4/c1-31-24-19(11-26-27-24)14-2-4-18-20(12-28(6-7-29)21(18)10-14)23(30)16-8-15-9-17(25)3-5-22(15)32-13-16/h2-5,9-12,16,29H,6-8,13H2,1H3,(H,26,27)/t16-/m0/s1. The first-order valence-corrected chi connectivity index (χ1v) is 10.4. The third-order valence-electron chi connectivity index (χ3n) is 5.91. The van der Waals surface area contributed by atoms with Gasteiger partial charge in [0.1, 0.15) is 11.6 Å². The van der Waals surface area contributed by atoms with E-state index in [1.165, 1.54) is 12.1 Å². The molecular weight excluding hydrogens is 413 g/mol. The maximum absolute atomic E-state index is 13.7. The van der Waals surface area contributed by atoms with E-state index in [1.54, 1.807) is 25.6 Å². The number of nitrogens with zero attached hydrogens (tertiary/aromatic N) is 2. The zero-order valence-electron chi connectivity index (χ0n) is 17.5. The Morgan fingerprint density at radius 2 is 2.22 bits per heavy atom. The second kappa shape index (κ2) is 8.12. The largest absolute Gasteiger partial charge is 0.493 e. The summed E-state index contributed by atoms with van der Waals surface area (Å²) >= 11 is 0. The van der Waals surface area contributed by atoms with Crippen molar-refractivity contribution in [2.45, 2.75) is 13.0 Å². The smallest absolute Gasteiger partial charge is 0.216 e. The lowest BCUT2D eigenvalue weighted by atomic mass is 9.89. The van der Waals surface area contributed by atoms with Crippen LogP contribution < -0.4 is 9.47 Å². The number of fused-ring (bicyclic) bond motifs is 2. The number of rotatable bonds is 6. The molecule has 8 heteroatoms. The van der Waals surface area contributed by atoms with Gasteiger partial charge >= 0.3 is 0 Å². The van der Waals surface area contributed by atoms with Gasteiger partial charge in [-0.15, -0.1) is 0 Å². The fourth-order valence-electron chi connectivity index (χ4n) is 4.34. The van der Waals surface area contributed by atoms with Crippen molar-refractivity contribution in [3.05, 3.63) is 65.7 Å². The quantitative estimate of drug-likeness (QED) is 0.452. The number of carbonyl (C=O) groups is 1. The van der Waals surface area contributed by atoms with Crippen LogP contribution in [-0.4, -0.2) is 46.0 Å². The van der Waals surface area contributed by atoms with Crippen LogP contribution in [0.25, 0.3) is 22.0 Å². The number of Topliss-reactive ketones (excluding diaryl/α,β-unsaturated/α-hetero) is 1. The lowest BCUT2D eigenvalue weighted by molar-refractivity contribution is 0.0856. The Hall–Kier alpha value is -3.65. The first-order valence-electron chi connectivity index (χ1n) is 10.4. The van der Waals surface area contributed by atoms with Crippen LogP contribution in [0.2, 0.25) is 0 Å². The molecule has 2 aromatic carbocycles. The summed E-state index contributed by atoms with van der Waals surface area (Å²) in [5, 5.41) is 17.2. The van der Waals surface area contributed by atoms with Gasteiger partial charge in [-0.05, 0) is 41.8 Å². The van der Waals surface area contributed by atoms with Gasteiger partial charge in [0, 0.05) is 29.2 Å². The van der Waals surface area contributed by atoms with E-state index in [1.807, 2.05) is 22.8 Å². The van der Waals surface area contributed by atoms with Crippen molar-refractivity contribution in [3.8, 4) is 22.8 Å². The fourth-order valence-corrected chi connectivity index (χ4v) is 4.34. The molecule has 32 heavy (non-hydrogen) atoms. The van der Waals surface area contributed by atoms with Crippen molar-refractivity contribution in [2.75, 3.05) is 20.3 Å². The van der Waals surface area contributed by atoms with Crippen LogP contribution in [0.3, 0.4) is 0 Å². The first kappa shape index (κ1) is 20.3. The molecule has 1 aliphatic heterocycles. The molecule has 0 saturated heterocycles. The van der Waals surface area contributed by atoms with E-state index >= 15 is 0 Å². The summed E-state index contributed by atoms with van der Waals surface area (Å²) in [6.45, 7) is 0.537. The Morgan fingerprint density at radius 1 is 1.34 bits per heavy atom. The second-order valence-corrected chi connectivity index (χ2v) is 7.84. The number of hydrogen-bond donors (Lipinski definition) is 2. The number of nitrogens with one attached hydrogen (secondary N) is 1. The van der Waals surface area contributed by atoms with E-state index in [4.69, 9.17) is 9.47 Å². The van der Waals surface area contributed by atoms with Gasteiger partial charge < -0.3 is 19.1 Å². The lowest BCUT2D eigenvalue weighted by Gasteiger charge is -2.24. The van der Waals surface area contributed by atoms with Crippen LogP contribution in [0, 0.1) is 11.7 Å². The van der Waals surface area contributed by atoms with Crippen molar-refractivity contribution in [3.63, 3.8) is 0 Å². The molecule has 0 radical (unpaired) electrons. The number of methoxy groups -OCH3 is 1. The summed E-state index contributed by atoms with van der Waals surface area (Å²) in [7, 11) is 1.57. The van der Waals surface area contributed by atoms with Gasteiger partial charge in [0.05, 0.1) is 38.0 Å². The number of hydrogen-bond acceptors (Lipinski definition) is 5. The van der Waals surface area contributed by atoms with E-state index < -0.39 is 5.92 Å². The Balaban J connectivity index is 1.53. The number of halogens is 1. The Bertz CT molecular complexity index is 1310. The highest BCUT2D eigenvalue weighted by Gasteiger charge is 2.29. The van der Waals surface area contributed by atoms with E-state index in [9.17, 15) is 14.3 Å². The van der Waals surface area contributed by atoms with Crippen LogP contribution in [-0.2, 0) is 13.0 Å². The van der Waals surface area contributed by atoms with Crippen molar-refractivity contribution in [1.29, 1.82) is 0 Å². The molecule has 7 nitrogen and oxygen atoms in total. The highest BCUT2D eigenvalue weighted by Crippen LogP contribution is 2.34. The van der Waals surface area contributed by atoms with Crippen molar-refractivity contribution in [2.24, 2.45) is 5.92 Å². The summed E-state index contributed by atoms with van der Waals surface area (Å²) in [5.41, 5.74) is 3.77. The summed E-state index contributed by atoms with van der Waals surface area (Å²) in [6, 6.07) is 10.2. The minimum Gasteiger partial charge on any atom is -0.493 e. The molecule has 0 unspecified atom stereocenters. The number of aliphatic hydroxyl groups excluding tert-OH is 1. The van der Waals surface area contributed by atoms with Gasteiger partial charge in [-0.25, -0.2) is 9.49 Å². The molecule has 0 spiro atoms. The zero-order valence-corrected chi connectivity index (χ0v) is 17.5. The summed E-state index contributed by atoms with van der Waals surface area (Å²) < 4.78 is 26.6. The van der Waals surface area contributed by atoms with Crippen LogP contribution in [0.1, 0.15) is 15.9 Å². The summed E-state index contributed by atoms with van der Waals surface area (Å²) in [6.07, 6.45) is 3.88. The number of H-pyrrole nitrogens is 1. The maximum Gasteiger partial charge on any atom is 0.216 e. The molecule has 2 aromatic heterocycles. The van der Waals surface area contributed by atoms with Gasteiger partial charge in [-0.1, -0.05) is 12.1 Å². The summed E-state index contributed by atoms with van der Waals surface area (Å²) in [5.74, 6) is 0.353. The Labute approximate surface area is 183 Å². The molecule has 4 aromatic rings. The zero-order chi connectivity index (χ0) is 22.2. The third-order valence-corrected chi connectivity index (χ3v) is 5.91. The molecule has 164 valence electrons.